The summed E-state index contributed by atoms with van der Waals surface area (Å²) in [5.74, 6) is 3.99. The molecule has 3 heterocycles. The van der Waals surface area contributed by atoms with Gasteiger partial charge in [0, 0.05) is 31.1 Å². The molecule has 3 rings (SSSR count). The summed E-state index contributed by atoms with van der Waals surface area (Å²) in [6, 6.07) is 0. The number of thioether (sulfide) groups is 1. The van der Waals surface area contributed by atoms with Crippen molar-refractivity contribution in [2.75, 3.05) is 41.4 Å². The van der Waals surface area contributed by atoms with Gasteiger partial charge in [-0.15, -0.1) is 0 Å². The molecule has 1 saturated heterocycles. The minimum atomic E-state index is 0.687. The van der Waals surface area contributed by atoms with Crippen LogP contribution in [0.4, 0.5) is 11.8 Å². The highest BCUT2D eigenvalue weighted by Crippen LogP contribution is 2.26. The molecule has 7 heteroatoms. The van der Waals surface area contributed by atoms with Crippen molar-refractivity contribution in [2.45, 2.75) is 13.3 Å². The minimum Gasteiger partial charge on any atom is -0.354 e. The zero-order valence-corrected chi connectivity index (χ0v) is 11.8. The zero-order chi connectivity index (χ0) is 13.1. The van der Waals surface area contributed by atoms with E-state index in [4.69, 9.17) is 0 Å². The van der Waals surface area contributed by atoms with E-state index in [0.717, 1.165) is 54.4 Å². The summed E-state index contributed by atoms with van der Waals surface area (Å²) >= 11 is 1.99. The van der Waals surface area contributed by atoms with Crippen molar-refractivity contribution >= 4 is 34.6 Å². The van der Waals surface area contributed by atoms with E-state index in [1.165, 1.54) is 0 Å². The maximum Gasteiger partial charge on any atom is 0.226 e. The standard InChI is InChI=1S/C12H18N6S/c1-2-3-13-12-15-10-9(8-14-17-10)11(16-12)18-4-6-19-7-5-18/h8H,2-7H2,1H3,(H2,13,14,15,16,17). The summed E-state index contributed by atoms with van der Waals surface area (Å²) < 4.78 is 0. The van der Waals surface area contributed by atoms with Gasteiger partial charge in [0.2, 0.25) is 5.95 Å². The Labute approximate surface area is 116 Å². The van der Waals surface area contributed by atoms with Gasteiger partial charge in [-0.25, -0.2) is 0 Å². The quantitative estimate of drug-likeness (QED) is 0.887. The van der Waals surface area contributed by atoms with Gasteiger partial charge in [0.25, 0.3) is 0 Å². The van der Waals surface area contributed by atoms with Crippen LogP contribution in [0.5, 0.6) is 0 Å². The summed E-state index contributed by atoms with van der Waals surface area (Å²) in [7, 11) is 0. The number of nitrogens with one attached hydrogen (secondary N) is 2. The van der Waals surface area contributed by atoms with Crippen molar-refractivity contribution in [3.8, 4) is 0 Å². The molecule has 0 atom stereocenters. The molecule has 0 saturated carbocycles. The second-order valence-corrected chi connectivity index (χ2v) is 5.75. The summed E-state index contributed by atoms with van der Waals surface area (Å²) in [6.45, 7) is 5.09. The van der Waals surface area contributed by atoms with E-state index < -0.39 is 0 Å². The van der Waals surface area contributed by atoms with Crippen LogP contribution in [0, 0.1) is 0 Å². The fourth-order valence-corrected chi connectivity index (χ4v) is 3.05. The van der Waals surface area contributed by atoms with Crippen LogP contribution in [0.1, 0.15) is 13.3 Å². The molecule has 0 amide bonds. The molecule has 2 aromatic rings. The molecule has 102 valence electrons. The molecule has 0 unspecified atom stereocenters. The molecular formula is C12H18N6S. The van der Waals surface area contributed by atoms with Gasteiger partial charge in [-0.3, -0.25) is 5.10 Å². The van der Waals surface area contributed by atoms with Crippen molar-refractivity contribution in [2.24, 2.45) is 0 Å². The van der Waals surface area contributed by atoms with Gasteiger partial charge in [0.15, 0.2) is 5.65 Å². The van der Waals surface area contributed by atoms with E-state index in [1.54, 1.807) is 0 Å². The average Bonchev–Trinajstić information content (AvgIpc) is 2.93. The Kier molecular flexibility index (Phi) is 3.72. The Morgan fingerprint density at radius 1 is 1.37 bits per heavy atom. The van der Waals surface area contributed by atoms with Crippen LogP contribution in [0.15, 0.2) is 6.20 Å². The largest absolute Gasteiger partial charge is 0.354 e. The lowest BCUT2D eigenvalue weighted by Crippen LogP contribution is -2.33. The number of aromatic nitrogens is 4. The molecule has 2 aromatic heterocycles. The van der Waals surface area contributed by atoms with Gasteiger partial charge in [-0.1, -0.05) is 6.92 Å². The van der Waals surface area contributed by atoms with E-state index in [9.17, 15) is 0 Å². The van der Waals surface area contributed by atoms with Gasteiger partial charge in [0.05, 0.1) is 11.6 Å². The minimum absolute atomic E-state index is 0.687. The lowest BCUT2D eigenvalue weighted by atomic mass is 10.3. The van der Waals surface area contributed by atoms with Crippen molar-refractivity contribution in [3.05, 3.63) is 6.20 Å². The predicted octanol–water partition coefficient (Wildman–Crippen LogP) is 1.73. The molecule has 19 heavy (non-hydrogen) atoms. The highest BCUT2D eigenvalue weighted by molar-refractivity contribution is 7.99. The summed E-state index contributed by atoms with van der Waals surface area (Å²) in [5, 5.41) is 11.3. The smallest absolute Gasteiger partial charge is 0.226 e. The third-order valence-electron chi connectivity index (χ3n) is 3.13. The Hall–Kier alpha value is -1.50. The molecule has 1 aliphatic heterocycles. The molecule has 6 nitrogen and oxygen atoms in total. The summed E-state index contributed by atoms with van der Waals surface area (Å²) in [6.07, 6.45) is 2.87. The number of hydrogen-bond acceptors (Lipinski definition) is 6. The maximum atomic E-state index is 4.67. The number of rotatable bonds is 4. The van der Waals surface area contributed by atoms with Crippen molar-refractivity contribution < 1.29 is 0 Å². The topological polar surface area (TPSA) is 69.7 Å². The van der Waals surface area contributed by atoms with Crippen LogP contribution in [0.25, 0.3) is 11.0 Å². The lowest BCUT2D eigenvalue weighted by Gasteiger charge is -2.28. The molecule has 0 spiro atoms. The van der Waals surface area contributed by atoms with E-state index >= 15 is 0 Å². The molecule has 0 radical (unpaired) electrons. The molecule has 2 N–H and O–H groups in total. The van der Waals surface area contributed by atoms with E-state index in [2.05, 4.69) is 37.3 Å². The van der Waals surface area contributed by atoms with E-state index in [-0.39, 0.29) is 0 Å². The normalized spacial score (nSPS) is 15.9. The van der Waals surface area contributed by atoms with Crippen molar-refractivity contribution in [1.29, 1.82) is 0 Å². The predicted molar refractivity (Wildman–Crippen MR) is 80.0 cm³/mol. The molecular weight excluding hydrogens is 260 g/mol. The first-order valence-corrected chi connectivity index (χ1v) is 7.81. The summed E-state index contributed by atoms with van der Waals surface area (Å²) in [4.78, 5) is 11.5. The maximum absolute atomic E-state index is 4.67. The van der Waals surface area contributed by atoms with Crippen LogP contribution in [0.3, 0.4) is 0 Å². The second kappa shape index (κ2) is 5.64. The Morgan fingerprint density at radius 3 is 3.00 bits per heavy atom. The summed E-state index contributed by atoms with van der Waals surface area (Å²) in [5.41, 5.74) is 0.807. The number of hydrogen-bond donors (Lipinski definition) is 2. The van der Waals surface area contributed by atoms with Gasteiger partial charge in [0.1, 0.15) is 5.82 Å². The Bertz CT molecular complexity index is 548. The van der Waals surface area contributed by atoms with Gasteiger partial charge < -0.3 is 10.2 Å². The highest BCUT2D eigenvalue weighted by Gasteiger charge is 2.18. The zero-order valence-electron chi connectivity index (χ0n) is 11.0. The third kappa shape index (κ3) is 2.60. The van der Waals surface area contributed by atoms with Crippen LogP contribution in [-0.2, 0) is 0 Å². The SMILES string of the molecule is CCCNc1nc(N2CCSCC2)c2cn[nH]c2n1. The fraction of sp³-hybridized carbons (Fsp3) is 0.583. The molecule has 0 aliphatic carbocycles. The molecule has 1 aliphatic rings. The van der Waals surface area contributed by atoms with Crippen LogP contribution >= 0.6 is 11.8 Å². The van der Waals surface area contributed by atoms with Crippen LogP contribution in [-0.4, -0.2) is 51.3 Å². The fourth-order valence-electron chi connectivity index (χ4n) is 2.15. The van der Waals surface area contributed by atoms with Gasteiger partial charge in [-0.05, 0) is 6.42 Å². The van der Waals surface area contributed by atoms with E-state index in [1.807, 2.05) is 18.0 Å². The van der Waals surface area contributed by atoms with Crippen LogP contribution < -0.4 is 10.2 Å². The van der Waals surface area contributed by atoms with Gasteiger partial charge >= 0.3 is 0 Å². The number of H-pyrrole nitrogens is 1. The van der Waals surface area contributed by atoms with Gasteiger partial charge in [-0.2, -0.15) is 26.8 Å². The first kappa shape index (κ1) is 12.5. The molecule has 1 fully saturated rings. The average molecular weight is 278 g/mol. The first-order valence-electron chi connectivity index (χ1n) is 6.66. The third-order valence-corrected chi connectivity index (χ3v) is 4.08. The van der Waals surface area contributed by atoms with Crippen molar-refractivity contribution in [1.82, 2.24) is 20.2 Å². The number of fused-ring (bicyclic) bond motifs is 1. The Balaban J connectivity index is 1.97. The second-order valence-electron chi connectivity index (χ2n) is 4.53. The molecule has 0 aromatic carbocycles. The first-order chi connectivity index (χ1) is 9.38. The lowest BCUT2D eigenvalue weighted by molar-refractivity contribution is 0.840. The Morgan fingerprint density at radius 2 is 2.21 bits per heavy atom. The van der Waals surface area contributed by atoms with Crippen LogP contribution in [0.2, 0.25) is 0 Å². The number of anilines is 2. The highest BCUT2D eigenvalue weighted by atomic mass is 32.2. The number of nitrogens with zero attached hydrogens (tertiary/aromatic N) is 4. The van der Waals surface area contributed by atoms with Crippen molar-refractivity contribution in [3.63, 3.8) is 0 Å². The number of aromatic amines is 1. The monoisotopic (exact) mass is 278 g/mol. The molecule has 0 bridgehead atoms. The van der Waals surface area contributed by atoms with E-state index in [0.29, 0.717) is 5.95 Å².